The maximum atomic E-state index is 6.51. The van der Waals surface area contributed by atoms with E-state index in [1.54, 1.807) is 0 Å². The maximum absolute atomic E-state index is 6.51. The van der Waals surface area contributed by atoms with E-state index in [4.69, 9.17) is 4.42 Å². The van der Waals surface area contributed by atoms with Crippen molar-refractivity contribution >= 4 is 43.7 Å². The summed E-state index contributed by atoms with van der Waals surface area (Å²) in [6, 6.07) is 49.5. The van der Waals surface area contributed by atoms with Crippen LogP contribution in [0.25, 0.3) is 71.7 Å². The van der Waals surface area contributed by atoms with Gasteiger partial charge in [-0.3, -0.25) is 0 Å². The summed E-state index contributed by atoms with van der Waals surface area (Å²) in [5.41, 5.74) is 10.1. The zero-order chi connectivity index (χ0) is 25.1. The molecule has 2 nitrogen and oxygen atoms in total. The summed E-state index contributed by atoms with van der Waals surface area (Å²) in [4.78, 5) is 0. The van der Waals surface area contributed by atoms with E-state index in [-0.39, 0.29) is 0 Å². The molecule has 2 aromatic heterocycles. The number of hydrogen-bond donors (Lipinski definition) is 0. The van der Waals surface area contributed by atoms with Crippen LogP contribution in [0, 0.1) is 0 Å². The molecule has 0 amide bonds. The van der Waals surface area contributed by atoms with Crippen LogP contribution >= 0.6 is 0 Å². The number of fused-ring (bicyclic) bond motifs is 7. The van der Waals surface area contributed by atoms with Crippen molar-refractivity contribution in [1.82, 2.24) is 4.57 Å². The fraction of sp³-hybridized carbons (Fsp3) is 0. The monoisotopic (exact) mass is 485 g/mol. The first kappa shape index (κ1) is 21.0. The highest BCUT2D eigenvalue weighted by molar-refractivity contribution is 6.21. The molecule has 0 spiro atoms. The standard InChI is InChI=1S/C36H23NO/c1-2-9-24(10-3-1)25-17-19-26(20-18-25)27-11-8-12-28(23-27)37-33-15-6-4-13-29(33)31-21-22-32-30-14-5-7-16-34(30)38-36(32)35(31)37/h1-23H. The third-order valence-corrected chi connectivity index (χ3v) is 7.61. The Hall–Kier alpha value is -5.08. The van der Waals surface area contributed by atoms with Gasteiger partial charge in [0.05, 0.1) is 11.0 Å². The molecule has 8 aromatic rings. The first-order valence-electron chi connectivity index (χ1n) is 12.9. The fourth-order valence-corrected chi connectivity index (χ4v) is 5.81. The Labute approximate surface area is 220 Å². The molecule has 0 atom stereocenters. The van der Waals surface area contributed by atoms with E-state index in [1.807, 2.05) is 12.1 Å². The summed E-state index contributed by atoms with van der Waals surface area (Å²) in [6.45, 7) is 0. The molecular weight excluding hydrogens is 462 g/mol. The molecule has 2 heterocycles. The van der Waals surface area contributed by atoms with E-state index >= 15 is 0 Å². The number of aromatic nitrogens is 1. The molecule has 0 radical (unpaired) electrons. The van der Waals surface area contributed by atoms with Crippen molar-refractivity contribution in [1.29, 1.82) is 0 Å². The number of rotatable bonds is 3. The SMILES string of the molecule is c1ccc(-c2ccc(-c3cccc(-n4c5ccccc5c5ccc6c7ccccc7oc6c54)c3)cc2)cc1. The summed E-state index contributed by atoms with van der Waals surface area (Å²) in [5, 5.41) is 4.71. The van der Waals surface area contributed by atoms with E-state index in [0.717, 1.165) is 33.1 Å². The van der Waals surface area contributed by atoms with Crippen LogP contribution in [0.3, 0.4) is 0 Å². The van der Waals surface area contributed by atoms with Gasteiger partial charge in [0.1, 0.15) is 5.58 Å². The summed E-state index contributed by atoms with van der Waals surface area (Å²) in [6.07, 6.45) is 0. The van der Waals surface area contributed by atoms with Crippen LogP contribution in [0.5, 0.6) is 0 Å². The number of benzene rings is 6. The van der Waals surface area contributed by atoms with Gasteiger partial charge in [0.2, 0.25) is 0 Å². The van der Waals surface area contributed by atoms with Crippen LogP contribution in [0.15, 0.2) is 144 Å². The molecule has 38 heavy (non-hydrogen) atoms. The lowest BCUT2D eigenvalue weighted by Crippen LogP contribution is -1.94. The van der Waals surface area contributed by atoms with Crippen molar-refractivity contribution < 1.29 is 4.42 Å². The topological polar surface area (TPSA) is 18.1 Å². The highest BCUT2D eigenvalue weighted by Gasteiger charge is 2.18. The molecule has 0 saturated carbocycles. The lowest BCUT2D eigenvalue weighted by atomic mass is 10.00. The largest absolute Gasteiger partial charge is 0.454 e. The molecule has 0 fully saturated rings. The molecule has 0 saturated heterocycles. The fourth-order valence-electron chi connectivity index (χ4n) is 5.81. The Morgan fingerprint density at radius 3 is 1.89 bits per heavy atom. The lowest BCUT2D eigenvalue weighted by Gasteiger charge is -2.11. The van der Waals surface area contributed by atoms with Gasteiger partial charge in [0.25, 0.3) is 0 Å². The van der Waals surface area contributed by atoms with E-state index in [9.17, 15) is 0 Å². The highest BCUT2D eigenvalue weighted by atomic mass is 16.3. The van der Waals surface area contributed by atoms with Crippen molar-refractivity contribution in [2.24, 2.45) is 0 Å². The van der Waals surface area contributed by atoms with Gasteiger partial charge >= 0.3 is 0 Å². The van der Waals surface area contributed by atoms with Crippen LogP contribution in [-0.4, -0.2) is 4.57 Å². The Balaban J connectivity index is 1.35. The van der Waals surface area contributed by atoms with Crippen molar-refractivity contribution in [3.05, 3.63) is 140 Å². The van der Waals surface area contributed by atoms with Crippen molar-refractivity contribution in [3.8, 4) is 27.9 Å². The quantitative estimate of drug-likeness (QED) is 0.243. The normalized spacial score (nSPS) is 11.7. The zero-order valence-corrected chi connectivity index (χ0v) is 20.6. The zero-order valence-electron chi connectivity index (χ0n) is 20.6. The van der Waals surface area contributed by atoms with Gasteiger partial charge in [-0.1, -0.05) is 109 Å². The van der Waals surface area contributed by atoms with Crippen molar-refractivity contribution in [2.45, 2.75) is 0 Å². The third-order valence-electron chi connectivity index (χ3n) is 7.61. The molecule has 0 aliphatic heterocycles. The average Bonchev–Trinajstić information content (AvgIpc) is 3.54. The number of para-hydroxylation sites is 2. The maximum Gasteiger partial charge on any atom is 0.160 e. The Morgan fingerprint density at radius 2 is 1.05 bits per heavy atom. The van der Waals surface area contributed by atoms with E-state index in [1.165, 1.54) is 38.5 Å². The first-order chi connectivity index (χ1) is 18.8. The lowest BCUT2D eigenvalue weighted by molar-refractivity contribution is 0.671. The summed E-state index contributed by atoms with van der Waals surface area (Å²) in [7, 11) is 0. The molecule has 0 aliphatic rings. The number of nitrogens with zero attached hydrogens (tertiary/aromatic N) is 1. The van der Waals surface area contributed by atoms with Crippen molar-refractivity contribution in [3.63, 3.8) is 0 Å². The second-order valence-corrected chi connectivity index (χ2v) is 9.78. The Bertz CT molecular complexity index is 2110. The smallest absolute Gasteiger partial charge is 0.160 e. The van der Waals surface area contributed by atoms with Gasteiger partial charge in [-0.25, -0.2) is 0 Å². The Morgan fingerprint density at radius 1 is 0.421 bits per heavy atom. The van der Waals surface area contributed by atoms with Gasteiger partial charge in [-0.2, -0.15) is 0 Å². The third kappa shape index (κ3) is 3.14. The predicted octanol–water partition coefficient (Wildman–Crippen LogP) is 10.0. The minimum absolute atomic E-state index is 0.916. The summed E-state index contributed by atoms with van der Waals surface area (Å²) in [5.74, 6) is 0. The number of hydrogen-bond acceptors (Lipinski definition) is 1. The Kier molecular flexibility index (Phi) is 4.55. The predicted molar refractivity (Wildman–Crippen MR) is 159 cm³/mol. The van der Waals surface area contributed by atoms with Crippen LogP contribution in [-0.2, 0) is 0 Å². The van der Waals surface area contributed by atoms with Gasteiger partial charge in [-0.15, -0.1) is 0 Å². The van der Waals surface area contributed by atoms with Gasteiger partial charge in [-0.05, 0) is 52.6 Å². The molecule has 6 aromatic carbocycles. The second kappa shape index (κ2) is 8.22. The molecule has 0 aliphatic carbocycles. The van der Waals surface area contributed by atoms with Crippen LogP contribution in [0.1, 0.15) is 0 Å². The van der Waals surface area contributed by atoms with E-state index in [2.05, 4.69) is 132 Å². The van der Waals surface area contributed by atoms with E-state index in [0.29, 0.717) is 0 Å². The van der Waals surface area contributed by atoms with Crippen LogP contribution in [0.2, 0.25) is 0 Å². The molecule has 0 unspecified atom stereocenters. The minimum Gasteiger partial charge on any atom is -0.454 e. The minimum atomic E-state index is 0.916. The number of furan rings is 1. The molecule has 0 bridgehead atoms. The van der Waals surface area contributed by atoms with Crippen LogP contribution in [0.4, 0.5) is 0 Å². The second-order valence-electron chi connectivity index (χ2n) is 9.78. The molecule has 2 heteroatoms. The molecular formula is C36H23NO. The summed E-state index contributed by atoms with van der Waals surface area (Å²) < 4.78 is 8.87. The average molecular weight is 486 g/mol. The van der Waals surface area contributed by atoms with Gasteiger partial charge in [0.15, 0.2) is 5.58 Å². The van der Waals surface area contributed by atoms with E-state index < -0.39 is 0 Å². The summed E-state index contributed by atoms with van der Waals surface area (Å²) >= 11 is 0. The first-order valence-corrected chi connectivity index (χ1v) is 12.9. The molecule has 8 rings (SSSR count). The molecule has 0 N–H and O–H groups in total. The van der Waals surface area contributed by atoms with Gasteiger partial charge < -0.3 is 8.98 Å². The molecule has 178 valence electrons. The van der Waals surface area contributed by atoms with Crippen molar-refractivity contribution in [2.75, 3.05) is 0 Å². The highest BCUT2D eigenvalue weighted by Crippen LogP contribution is 2.40. The van der Waals surface area contributed by atoms with Crippen LogP contribution < -0.4 is 0 Å². The van der Waals surface area contributed by atoms with Gasteiger partial charge in [0, 0.05) is 27.2 Å².